The van der Waals surface area contributed by atoms with Crippen LogP contribution in [0.1, 0.15) is 25.3 Å². The first-order valence-electron chi connectivity index (χ1n) is 8.94. The maximum atomic E-state index is 12.3. The summed E-state index contributed by atoms with van der Waals surface area (Å²) in [7, 11) is 0. The average molecular weight is 415 g/mol. The molecule has 0 fully saturated rings. The summed E-state index contributed by atoms with van der Waals surface area (Å²) in [6, 6.07) is 15.1. The Bertz CT molecular complexity index is 890. The van der Waals surface area contributed by atoms with Crippen molar-refractivity contribution >= 4 is 17.4 Å². The third kappa shape index (κ3) is 5.56. The second-order valence-corrected chi connectivity index (χ2v) is 6.12. The Morgan fingerprint density at radius 3 is 2.50 bits per heavy atom. The van der Waals surface area contributed by atoms with Crippen molar-refractivity contribution in [3.05, 3.63) is 95.8 Å². The molecule has 4 rings (SSSR count). The van der Waals surface area contributed by atoms with Crippen LogP contribution >= 0.6 is 0 Å². The molecule has 0 atom stereocenters. The van der Waals surface area contributed by atoms with Crippen LogP contribution in [-0.2, 0) is 21.9 Å². The molecule has 1 aliphatic heterocycles. The van der Waals surface area contributed by atoms with Crippen LogP contribution in [-0.4, -0.2) is 5.91 Å². The predicted octanol–water partition coefficient (Wildman–Crippen LogP) is 4.30. The molecule has 5 heteroatoms. The third-order valence-corrected chi connectivity index (χ3v) is 3.99. The maximum absolute atomic E-state index is 12.3. The van der Waals surface area contributed by atoms with Crippen molar-refractivity contribution in [2.24, 2.45) is 0 Å². The molecule has 28 heavy (non-hydrogen) atoms. The molecular weight excluding hydrogens is 394 g/mol. The Kier molecular flexibility index (Phi) is 8.00. The zero-order valence-electron chi connectivity index (χ0n) is 15.5. The first kappa shape index (κ1) is 21.4. The van der Waals surface area contributed by atoms with E-state index in [1.165, 1.54) is 6.08 Å². The molecule has 1 heterocycles. The van der Waals surface area contributed by atoms with Crippen LogP contribution in [0.3, 0.4) is 0 Å². The number of carbonyl (C=O) groups excluding carboxylic acids is 1. The average Bonchev–Trinajstić information content (AvgIpc) is 3.39. The van der Waals surface area contributed by atoms with E-state index in [1.54, 1.807) is 18.2 Å². The Morgan fingerprint density at radius 2 is 1.89 bits per heavy atom. The fourth-order valence-corrected chi connectivity index (χ4v) is 2.69. The van der Waals surface area contributed by atoms with Gasteiger partial charge in [-0.3, -0.25) is 4.79 Å². The van der Waals surface area contributed by atoms with Gasteiger partial charge in [0.25, 0.3) is 0 Å². The van der Waals surface area contributed by atoms with E-state index in [1.807, 2.05) is 61.6 Å². The number of ether oxygens (including phenoxy) is 1. The quantitative estimate of drug-likeness (QED) is 0.601. The van der Waals surface area contributed by atoms with Crippen LogP contribution in [0.4, 0.5) is 5.69 Å². The predicted molar refractivity (Wildman–Crippen MR) is 106 cm³/mol. The van der Waals surface area contributed by atoms with E-state index in [9.17, 15) is 9.90 Å². The van der Waals surface area contributed by atoms with Crippen LogP contribution in [0.5, 0.6) is 5.75 Å². The summed E-state index contributed by atoms with van der Waals surface area (Å²) >= 11 is 0. The number of amides is 1. The maximum Gasteiger partial charge on any atom is 2.00 e. The van der Waals surface area contributed by atoms with Gasteiger partial charge in [0, 0.05) is 23.2 Å². The molecule has 0 saturated carbocycles. The standard InChI is InChI=1S/C18H17NO3.C5H5.Fe/c1-2-5-18(21)19-13-8-9-16-14(10-13)15(20)11-17(22-16)12-6-3-4-7-12;1-2-4-5-3-1;/h3-4,6-11,20H,2,5H2,1H3,(H,19,21);1-5H;/q;-1;+2/p-1. The van der Waals surface area contributed by atoms with Gasteiger partial charge in [0.15, 0.2) is 0 Å². The number of allylic oxidation sites excluding steroid dienone is 6. The number of benzene rings is 1. The van der Waals surface area contributed by atoms with E-state index in [4.69, 9.17) is 4.74 Å². The van der Waals surface area contributed by atoms with E-state index in [0.717, 1.165) is 12.0 Å². The first-order chi connectivity index (χ1) is 13.2. The monoisotopic (exact) mass is 415 g/mol. The van der Waals surface area contributed by atoms with Gasteiger partial charge in [0.2, 0.25) is 5.91 Å². The summed E-state index contributed by atoms with van der Waals surface area (Å²) in [4.78, 5) is 11.6. The Morgan fingerprint density at radius 1 is 1.18 bits per heavy atom. The Balaban J connectivity index is 0.000000408. The largest absolute Gasteiger partial charge is 2.00 e. The number of hydrogen-bond acceptors (Lipinski definition) is 3. The molecule has 144 valence electrons. The van der Waals surface area contributed by atoms with Crippen molar-refractivity contribution in [3.63, 3.8) is 0 Å². The van der Waals surface area contributed by atoms with Crippen LogP contribution in [0, 0.1) is 0 Å². The van der Waals surface area contributed by atoms with Gasteiger partial charge in [-0.15, -0.1) is 0 Å². The molecule has 0 radical (unpaired) electrons. The van der Waals surface area contributed by atoms with Gasteiger partial charge >= 0.3 is 17.1 Å². The van der Waals surface area contributed by atoms with Gasteiger partial charge in [-0.05, 0) is 30.7 Å². The van der Waals surface area contributed by atoms with E-state index in [2.05, 4.69) is 5.32 Å². The number of hydrogen-bond donors (Lipinski definition) is 1. The molecule has 0 bridgehead atoms. The van der Waals surface area contributed by atoms with E-state index in [0.29, 0.717) is 29.2 Å². The minimum Gasteiger partial charge on any atom is -0.872 e. The summed E-state index contributed by atoms with van der Waals surface area (Å²) in [5.74, 6) is 0.881. The van der Waals surface area contributed by atoms with Crippen LogP contribution in [0.15, 0.2) is 90.2 Å². The Hall–Kier alpha value is -2.88. The molecule has 0 saturated heterocycles. The third-order valence-electron chi connectivity index (χ3n) is 3.99. The first-order valence-corrected chi connectivity index (χ1v) is 8.94. The van der Waals surface area contributed by atoms with Crippen LogP contribution in [0.2, 0.25) is 0 Å². The minimum atomic E-state index is -0.121. The molecule has 0 unspecified atom stereocenters. The number of carbonyl (C=O) groups is 1. The number of fused-ring (bicyclic) bond motifs is 1. The van der Waals surface area contributed by atoms with Gasteiger partial charge in [0.1, 0.15) is 11.5 Å². The fourth-order valence-electron chi connectivity index (χ4n) is 2.69. The molecule has 1 N–H and O–H groups in total. The normalized spacial score (nSPS) is 13.5. The smallest absolute Gasteiger partial charge is 0.872 e. The SMILES string of the molecule is CCCC(=O)Nc1ccc2c(c1)C([O-])=CC(=C1C=CC=C1)O2.[Fe+2].c1cc[cH-]c1. The molecule has 2 aromatic rings. The molecule has 0 spiro atoms. The van der Waals surface area contributed by atoms with Crippen molar-refractivity contribution < 1.29 is 31.7 Å². The van der Waals surface area contributed by atoms with Crippen molar-refractivity contribution in [2.45, 2.75) is 19.8 Å². The van der Waals surface area contributed by atoms with Gasteiger partial charge in [-0.25, -0.2) is 12.1 Å². The van der Waals surface area contributed by atoms with E-state index in [-0.39, 0.29) is 28.7 Å². The second-order valence-electron chi connectivity index (χ2n) is 6.12. The second kappa shape index (κ2) is 10.5. The van der Waals surface area contributed by atoms with Gasteiger partial charge in [-0.2, -0.15) is 18.2 Å². The summed E-state index contributed by atoms with van der Waals surface area (Å²) < 4.78 is 5.78. The zero-order chi connectivity index (χ0) is 19.1. The summed E-state index contributed by atoms with van der Waals surface area (Å²) in [5.41, 5.74) is 1.95. The molecule has 1 aliphatic carbocycles. The number of rotatable bonds is 3. The topological polar surface area (TPSA) is 61.4 Å². The molecule has 2 aliphatic rings. The molecular formula is C23H21FeNO3. The van der Waals surface area contributed by atoms with Gasteiger partial charge < -0.3 is 15.2 Å². The zero-order valence-corrected chi connectivity index (χ0v) is 16.6. The van der Waals surface area contributed by atoms with Crippen molar-refractivity contribution in [1.29, 1.82) is 0 Å². The van der Waals surface area contributed by atoms with Crippen LogP contribution in [0.25, 0.3) is 5.76 Å². The summed E-state index contributed by atoms with van der Waals surface area (Å²) in [6.07, 6.45) is 10.3. The number of nitrogens with one attached hydrogen (secondary N) is 1. The summed E-state index contributed by atoms with van der Waals surface area (Å²) in [5, 5.41) is 15.1. The van der Waals surface area contributed by atoms with E-state index < -0.39 is 0 Å². The molecule has 1 amide bonds. The fraction of sp³-hybridized carbons (Fsp3) is 0.130. The van der Waals surface area contributed by atoms with Crippen molar-refractivity contribution in [2.75, 3.05) is 5.32 Å². The van der Waals surface area contributed by atoms with Gasteiger partial charge in [-0.1, -0.05) is 37.0 Å². The van der Waals surface area contributed by atoms with E-state index >= 15 is 0 Å². The molecule has 0 aromatic heterocycles. The molecule has 2 aromatic carbocycles. The summed E-state index contributed by atoms with van der Waals surface area (Å²) in [6.45, 7) is 1.94. The number of anilines is 1. The Labute approximate surface area is 175 Å². The minimum absolute atomic E-state index is 0. The van der Waals surface area contributed by atoms with Crippen LogP contribution < -0.4 is 15.2 Å². The van der Waals surface area contributed by atoms with Crippen molar-refractivity contribution in [3.8, 4) is 5.75 Å². The van der Waals surface area contributed by atoms with Crippen molar-refractivity contribution in [1.82, 2.24) is 0 Å². The molecule has 4 nitrogen and oxygen atoms in total. The van der Waals surface area contributed by atoms with Gasteiger partial charge in [0.05, 0.1) is 0 Å².